The molecule has 0 unspecified atom stereocenters. The van der Waals surface area contributed by atoms with Gasteiger partial charge in [0.15, 0.2) is 5.11 Å². The molecule has 168 valence electrons. The molecule has 0 aliphatic heterocycles. The molecule has 0 bridgehead atoms. The van der Waals surface area contributed by atoms with E-state index in [1.165, 1.54) is 18.7 Å². The van der Waals surface area contributed by atoms with Gasteiger partial charge >= 0.3 is 0 Å². The van der Waals surface area contributed by atoms with Crippen molar-refractivity contribution >= 4 is 38.7 Å². The SMILES string of the molecule is COc1ccc(NS(=O)(=O)c2cc(OC)ccc2NC(=S)NCCc2ccccc2)cc1. The van der Waals surface area contributed by atoms with Crippen LogP contribution >= 0.6 is 12.2 Å². The van der Waals surface area contributed by atoms with Crippen molar-refractivity contribution in [3.8, 4) is 11.5 Å². The van der Waals surface area contributed by atoms with Crippen molar-refractivity contribution in [1.29, 1.82) is 0 Å². The Bertz CT molecular complexity index is 1150. The predicted molar refractivity (Wildman–Crippen MR) is 131 cm³/mol. The Hall–Kier alpha value is -3.30. The Labute approximate surface area is 193 Å². The zero-order valence-electron chi connectivity index (χ0n) is 17.8. The van der Waals surface area contributed by atoms with Gasteiger partial charge in [-0.15, -0.1) is 0 Å². The highest BCUT2D eigenvalue weighted by Gasteiger charge is 2.21. The molecule has 32 heavy (non-hydrogen) atoms. The van der Waals surface area contributed by atoms with Crippen LogP contribution in [0.15, 0.2) is 77.7 Å². The highest BCUT2D eigenvalue weighted by Crippen LogP contribution is 2.28. The van der Waals surface area contributed by atoms with Gasteiger partial charge in [0, 0.05) is 18.3 Å². The highest BCUT2D eigenvalue weighted by atomic mass is 32.2. The summed E-state index contributed by atoms with van der Waals surface area (Å²) in [5.41, 5.74) is 1.92. The molecular formula is C23H25N3O4S2. The third-order valence-corrected chi connectivity index (χ3v) is 6.28. The minimum Gasteiger partial charge on any atom is -0.497 e. The summed E-state index contributed by atoms with van der Waals surface area (Å²) < 4.78 is 39.2. The number of methoxy groups -OCH3 is 2. The summed E-state index contributed by atoms with van der Waals surface area (Å²) in [6.07, 6.45) is 0.787. The maximum Gasteiger partial charge on any atom is 0.264 e. The van der Waals surface area contributed by atoms with Crippen LogP contribution in [0.25, 0.3) is 0 Å². The summed E-state index contributed by atoms with van der Waals surface area (Å²) in [7, 11) is -0.903. The van der Waals surface area contributed by atoms with E-state index in [-0.39, 0.29) is 4.90 Å². The van der Waals surface area contributed by atoms with Crippen molar-refractivity contribution in [1.82, 2.24) is 5.32 Å². The number of hydrogen-bond acceptors (Lipinski definition) is 5. The van der Waals surface area contributed by atoms with Gasteiger partial charge in [0.25, 0.3) is 10.0 Å². The number of thiocarbonyl (C=S) groups is 1. The van der Waals surface area contributed by atoms with Crippen LogP contribution in [0.3, 0.4) is 0 Å². The van der Waals surface area contributed by atoms with E-state index >= 15 is 0 Å². The summed E-state index contributed by atoms with van der Waals surface area (Å²) in [4.78, 5) is 0.0138. The van der Waals surface area contributed by atoms with Gasteiger partial charge in [0.05, 0.1) is 19.9 Å². The molecule has 3 N–H and O–H groups in total. The average Bonchev–Trinajstić information content (AvgIpc) is 2.80. The predicted octanol–water partition coefficient (Wildman–Crippen LogP) is 4.03. The first-order valence-corrected chi connectivity index (χ1v) is 11.7. The summed E-state index contributed by atoms with van der Waals surface area (Å²) in [5.74, 6) is 1.04. The topological polar surface area (TPSA) is 88.7 Å². The van der Waals surface area contributed by atoms with E-state index in [1.807, 2.05) is 30.3 Å². The summed E-state index contributed by atoms with van der Waals surface area (Å²) in [6, 6.07) is 21.3. The van der Waals surface area contributed by atoms with Crippen LogP contribution in [0.2, 0.25) is 0 Å². The van der Waals surface area contributed by atoms with Gasteiger partial charge in [-0.3, -0.25) is 4.72 Å². The first kappa shape index (κ1) is 23.4. The summed E-state index contributed by atoms with van der Waals surface area (Å²) in [6.45, 7) is 0.609. The molecule has 3 rings (SSSR count). The summed E-state index contributed by atoms with van der Waals surface area (Å²) in [5, 5.41) is 6.42. The first-order valence-electron chi connectivity index (χ1n) is 9.85. The monoisotopic (exact) mass is 471 g/mol. The molecule has 9 heteroatoms. The van der Waals surface area contributed by atoms with Gasteiger partial charge in [-0.25, -0.2) is 8.42 Å². The van der Waals surface area contributed by atoms with E-state index in [2.05, 4.69) is 15.4 Å². The Kier molecular flexibility index (Phi) is 7.91. The molecule has 0 atom stereocenters. The van der Waals surface area contributed by atoms with E-state index in [1.54, 1.807) is 43.5 Å². The summed E-state index contributed by atoms with van der Waals surface area (Å²) >= 11 is 5.37. The van der Waals surface area contributed by atoms with E-state index in [0.717, 1.165) is 6.42 Å². The molecule has 0 fully saturated rings. The second kappa shape index (κ2) is 10.8. The molecule has 0 aliphatic rings. The van der Waals surface area contributed by atoms with Crippen LogP contribution in [-0.2, 0) is 16.4 Å². The maximum atomic E-state index is 13.1. The van der Waals surface area contributed by atoms with Gasteiger partial charge < -0.3 is 20.1 Å². The highest BCUT2D eigenvalue weighted by molar-refractivity contribution is 7.93. The average molecular weight is 472 g/mol. The molecular weight excluding hydrogens is 446 g/mol. The number of anilines is 2. The van der Waals surface area contributed by atoms with Crippen molar-refractivity contribution in [2.75, 3.05) is 30.8 Å². The number of benzene rings is 3. The van der Waals surface area contributed by atoms with Crippen molar-refractivity contribution in [3.05, 3.63) is 78.4 Å². The second-order valence-electron chi connectivity index (χ2n) is 6.81. The fourth-order valence-electron chi connectivity index (χ4n) is 2.96. The fourth-order valence-corrected chi connectivity index (χ4v) is 4.40. The van der Waals surface area contributed by atoms with Crippen molar-refractivity contribution in [3.63, 3.8) is 0 Å². The fraction of sp³-hybridized carbons (Fsp3) is 0.174. The lowest BCUT2D eigenvalue weighted by molar-refractivity contribution is 0.413. The lowest BCUT2D eigenvalue weighted by atomic mass is 10.1. The van der Waals surface area contributed by atoms with Gasteiger partial charge in [0.1, 0.15) is 16.4 Å². The van der Waals surface area contributed by atoms with Crippen LogP contribution in [0.5, 0.6) is 11.5 Å². The standard InChI is InChI=1S/C23H25N3O4S2/c1-29-19-10-8-18(9-11-19)26-32(27,28)22-16-20(30-2)12-13-21(22)25-23(31)24-15-14-17-6-4-3-5-7-17/h3-13,16,26H,14-15H2,1-2H3,(H2,24,25,31). The van der Waals surface area contributed by atoms with Crippen LogP contribution in [0, 0.1) is 0 Å². The molecule has 0 spiro atoms. The number of ether oxygens (including phenoxy) is 2. The lowest BCUT2D eigenvalue weighted by Crippen LogP contribution is -2.31. The Morgan fingerprint density at radius 1 is 0.906 bits per heavy atom. The van der Waals surface area contributed by atoms with Crippen LogP contribution < -0.4 is 24.8 Å². The quantitative estimate of drug-likeness (QED) is 0.406. The van der Waals surface area contributed by atoms with E-state index in [4.69, 9.17) is 21.7 Å². The molecule has 0 saturated heterocycles. The minimum absolute atomic E-state index is 0.0138. The number of hydrogen-bond donors (Lipinski definition) is 3. The molecule has 7 nitrogen and oxygen atoms in total. The Morgan fingerprint density at radius 3 is 2.22 bits per heavy atom. The number of nitrogens with one attached hydrogen (secondary N) is 3. The van der Waals surface area contributed by atoms with E-state index < -0.39 is 10.0 Å². The first-order chi connectivity index (χ1) is 15.4. The van der Waals surface area contributed by atoms with Crippen LogP contribution in [-0.4, -0.2) is 34.3 Å². The lowest BCUT2D eigenvalue weighted by Gasteiger charge is -2.16. The molecule has 3 aromatic rings. The van der Waals surface area contributed by atoms with E-state index in [0.29, 0.717) is 34.5 Å². The third kappa shape index (κ3) is 6.35. The van der Waals surface area contributed by atoms with Gasteiger partial charge in [0.2, 0.25) is 0 Å². The Morgan fingerprint density at radius 2 is 1.56 bits per heavy atom. The Balaban J connectivity index is 1.74. The van der Waals surface area contributed by atoms with E-state index in [9.17, 15) is 8.42 Å². The van der Waals surface area contributed by atoms with Crippen molar-refractivity contribution < 1.29 is 17.9 Å². The molecule has 0 radical (unpaired) electrons. The largest absolute Gasteiger partial charge is 0.497 e. The molecule has 3 aromatic carbocycles. The normalized spacial score (nSPS) is 10.8. The van der Waals surface area contributed by atoms with Gasteiger partial charge in [-0.1, -0.05) is 30.3 Å². The number of rotatable bonds is 9. The minimum atomic E-state index is -3.93. The van der Waals surface area contributed by atoms with Crippen molar-refractivity contribution in [2.24, 2.45) is 0 Å². The molecule has 0 aliphatic carbocycles. The van der Waals surface area contributed by atoms with Gasteiger partial charge in [-0.05, 0) is 60.6 Å². The van der Waals surface area contributed by atoms with Crippen LogP contribution in [0.4, 0.5) is 11.4 Å². The van der Waals surface area contributed by atoms with Gasteiger partial charge in [-0.2, -0.15) is 0 Å². The van der Waals surface area contributed by atoms with Crippen molar-refractivity contribution in [2.45, 2.75) is 11.3 Å². The zero-order chi connectivity index (χ0) is 23.0. The zero-order valence-corrected chi connectivity index (χ0v) is 19.4. The molecule has 0 aromatic heterocycles. The second-order valence-corrected chi connectivity index (χ2v) is 8.87. The van der Waals surface area contributed by atoms with Crippen LogP contribution in [0.1, 0.15) is 5.56 Å². The molecule has 0 saturated carbocycles. The molecule has 0 amide bonds. The third-order valence-electron chi connectivity index (χ3n) is 4.61. The maximum absolute atomic E-state index is 13.1. The number of sulfonamides is 1. The molecule has 0 heterocycles. The smallest absolute Gasteiger partial charge is 0.264 e.